The van der Waals surface area contributed by atoms with Gasteiger partial charge in [-0.2, -0.15) is 0 Å². The summed E-state index contributed by atoms with van der Waals surface area (Å²) in [5.74, 6) is 1.37. The number of imidazole rings is 1. The highest BCUT2D eigenvalue weighted by molar-refractivity contribution is 5.86. The number of carbonyl (C=O) groups is 1. The van der Waals surface area contributed by atoms with E-state index in [0.29, 0.717) is 17.3 Å². The van der Waals surface area contributed by atoms with E-state index in [1.807, 2.05) is 22.6 Å². The zero-order valence-corrected chi connectivity index (χ0v) is 10.3. The molecule has 3 heterocycles. The van der Waals surface area contributed by atoms with Gasteiger partial charge >= 0.3 is 0 Å². The molecule has 0 bridgehead atoms. The molecule has 3 aromatic rings. The molecule has 0 amide bonds. The molecule has 0 spiro atoms. The topological polar surface area (TPSA) is 56.5 Å². The van der Waals surface area contributed by atoms with Crippen molar-refractivity contribution in [2.45, 2.75) is 0 Å². The van der Waals surface area contributed by atoms with E-state index in [4.69, 9.17) is 4.74 Å². The van der Waals surface area contributed by atoms with Gasteiger partial charge in [0.15, 0.2) is 6.29 Å². The molecule has 0 aromatic carbocycles. The second kappa shape index (κ2) is 4.53. The number of methoxy groups -OCH3 is 1. The van der Waals surface area contributed by atoms with Crippen LogP contribution in [0, 0.1) is 0 Å². The Balaban J connectivity index is 2.32. The van der Waals surface area contributed by atoms with Crippen molar-refractivity contribution in [1.82, 2.24) is 14.4 Å². The van der Waals surface area contributed by atoms with Crippen molar-refractivity contribution >= 4 is 11.8 Å². The number of carbonyl (C=O) groups excluding carboxylic acids is 1. The molecule has 0 fully saturated rings. The lowest BCUT2D eigenvalue weighted by Crippen LogP contribution is -1.92. The molecule has 0 atom stereocenters. The molecule has 0 aliphatic rings. The Morgan fingerprint density at radius 3 is 2.89 bits per heavy atom. The molecule has 0 saturated heterocycles. The molecule has 0 N–H and O–H groups in total. The van der Waals surface area contributed by atoms with Crippen LogP contribution >= 0.6 is 0 Å². The van der Waals surface area contributed by atoms with E-state index >= 15 is 0 Å². The molecule has 0 saturated carbocycles. The lowest BCUT2D eigenvalue weighted by atomic mass is 10.3. The zero-order valence-electron chi connectivity index (χ0n) is 10.3. The molecule has 3 rings (SSSR count). The summed E-state index contributed by atoms with van der Waals surface area (Å²) in [6.07, 6.45) is 5.96. The normalized spacial score (nSPS) is 10.6. The molecule has 0 unspecified atom stereocenters. The monoisotopic (exact) mass is 253 g/mol. The maximum atomic E-state index is 11.1. The minimum absolute atomic E-state index is 0.404. The predicted molar refractivity (Wildman–Crippen MR) is 70.4 cm³/mol. The van der Waals surface area contributed by atoms with Gasteiger partial charge in [-0.05, 0) is 24.3 Å². The summed E-state index contributed by atoms with van der Waals surface area (Å²) in [4.78, 5) is 19.5. The fraction of sp³-hybridized carbons (Fsp3) is 0.0714. The number of nitrogens with zero attached hydrogens (tertiary/aromatic N) is 3. The smallest absolute Gasteiger partial charge is 0.170 e. The first kappa shape index (κ1) is 11.4. The Bertz CT molecular complexity index is 735. The highest BCUT2D eigenvalue weighted by atomic mass is 16.5. The van der Waals surface area contributed by atoms with Crippen molar-refractivity contribution in [3.05, 3.63) is 48.5 Å². The van der Waals surface area contributed by atoms with Gasteiger partial charge in [-0.1, -0.05) is 0 Å². The van der Waals surface area contributed by atoms with Crippen LogP contribution < -0.4 is 4.74 Å². The van der Waals surface area contributed by atoms with E-state index in [2.05, 4.69) is 9.97 Å². The van der Waals surface area contributed by atoms with Crippen LogP contribution in [0.25, 0.3) is 16.9 Å². The van der Waals surface area contributed by atoms with Crippen molar-refractivity contribution < 1.29 is 9.53 Å². The van der Waals surface area contributed by atoms with E-state index in [9.17, 15) is 4.79 Å². The number of aromatic nitrogens is 3. The highest BCUT2D eigenvalue weighted by Crippen LogP contribution is 2.24. The van der Waals surface area contributed by atoms with Gasteiger partial charge in [-0.25, -0.2) is 4.98 Å². The van der Waals surface area contributed by atoms with Crippen molar-refractivity contribution in [1.29, 1.82) is 0 Å². The molecular weight excluding hydrogens is 242 g/mol. The largest absolute Gasteiger partial charge is 0.495 e. The van der Waals surface area contributed by atoms with Gasteiger partial charge in [0.1, 0.15) is 17.3 Å². The third-order valence-electron chi connectivity index (χ3n) is 2.91. The summed E-state index contributed by atoms with van der Waals surface area (Å²) in [6, 6.07) is 7.35. The second-order valence-electron chi connectivity index (χ2n) is 4.00. The van der Waals surface area contributed by atoms with Gasteiger partial charge < -0.3 is 4.74 Å². The predicted octanol–water partition coefficient (Wildman–Crippen LogP) is 2.22. The van der Waals surface area contributed by atoms with E-state index in [1.165, 1.54) is 0 Å². The molecule has 3 aromatic heterocycles. The maximum Gasteiger partial charge on any atom is 0.170 e. The summed E-state index contributed by atoms with van der Waals surface area (Å²) < 4.78 is 7.04. The summed E-state index contributed by atoms with van der Waals surface area (Å²) >= 11 is 0. The van der Waals surface area contributed by atoms with E-state index in [-0.39, 0.29) is 0 Å². The van der Waals surface area contributed by atoms with Crippen LogP contribution in [0.15, 0.2) is 42.9 Å². The number of aldehydes is 1. The fourth-order valence-corrected chi connectivity index (χ4v) is 2.00. The Morgan fingerprint density at radius 2 is 2.21 bits per heavy atom. The lowest BCUT2D eigenvalue weighted by molar-refractivity contribution is 0.112. The Morgan fingerprint density at radius 1 is 1.32 bits per heavy atom. The molecule has 0 aliphatic carbocycles. The zero-order chi connectivity index (χ0) is 13.2. The number of pyridine rings is 2. The van der Waals surface area contributed by atoms with Crippen molar-refractivity contribution in [3.63, 3.8) is 0 Å². The molecule has 0 radical (unpaired) electrons. The number of hydrogen-bond donors (Lipinski definition) is 0. The maximum absolute atomic E-state index is 11.1. The molecule has 5 nitrogen and oxygen atoms in total. The SMILES string of the molecule is COc1ccc2c(C=O)nc(-c3cccnc3)n2c1. The molecule has 94 valence electrons. The van der Waals surface area contributed by atoms with Crippen LogP contribution in [0.2, 0.25) is 0 Å². The van der Waals surface area contributed by atoms with Gasteiger partial charge in [0.25, 0.3) is 0 Å². The lowest BCUT2D eigenvalue weighted by Gasteiger charge is -2.03. The Hall–Kier alpha value is -2.69. The first-order chi connectivity index (χ1) is 9.33. The summed E-state index contributed by atoms with van der Waals surface area (Å²) in [6.45, 7) is 0. The quantitative estimate of drug-likeness (QED) is 0.671. The minimum Gasteiger partial charge on any atom is -0.495 e. The first-order valence-corrected chi connectivity index (χ1v) is 5.75. The minimum atomic E-state index is 0.404. The van der Waals surface area contributed by atoms with Crippen molar-refractivity contribution in [3.8, 4) is 17.1 Å². The van der Waals surface area contributed by atoms with Gasteiger partial charge in [0.05, 0.1) is 18.8 Å². The number of ether oxygens (including phenoxy) is 1. The van der Waals surface area contributed by atoms with Crippen LogP contribution in [-0.4, -0.2) is 27.8 Å². The van der Waals surface area contributed by atoms with Crippen LogP contribution in [0.5, 0.6) is 5.75 Å². The average molecular weight is 253 g/mol. The molecule has 0 aliphatic heterocycles. The van der Waals surface area contributed by atoms with Crippen molar-refractivity contribution in [2.24, 2.45) is 0 Å². The van der Waals surface area contributed by atoms with E-state index < -0.39 is 0 Å². The highest BCUT2D eigenvalue weighted by Gasteiger charge is 2.12. The van der Waals surface area contributed by atoms with Gasteiger partial charge in [-0.15, -0.1) is 0 Å². The average Bonchev–Trinajstić information content (AvgIpc) is 2.86. The van der Waals surface area contributed by atoms with Crippen LogP contribution in [-0.2, 0) is 0 Å². The Kier molecular flexibility index (Phi) is 2.72. The summed E-state index contributed by atoms with van der Waals surface area (Å²) in [5, 5.41) is 0. The van der Waals surface area contributed by atoms with Crippen LogP contribution in [0.4, 0.5) is 0 Å². The third kappa shape index (κ3) is 1.85. The van der Waals surface area contributed by atoms with Crippen molar-refractivity contribution in [2.75, 3.05) is 7.11 Å². The van der Waals surface area contributed by atoms with E-state index in [0.717, 1.165) is 17.4 Å². The summed E-state index contributed by atoms with van der Waals surface area (Å²) in [5.41, 5.74) is 2.00. The molecule has 5 heteroatoms. The third-order valence-corrected chi connectivity index (χ3v) is 2.91. The molecular formula is C14H11N3O2. The fourth-order valence-electron chi connectivity index (χ4n) is 2.00. The summed E-state index contributed by atoms with van der Waals surface area (Å²) in [7, 11) is 1.60. The standard InChI is InChI=1S/C14H11N3O2/c1-19-11-4-5-13-12(9-18)16-14(17(13)8-11)10-3-2-6-15-7-10/h2-9H,1H3. The Labute approximate surface area is 109 Å². The van der Waals surface area contributed by atoms with E-state index in [1.54, 1.807) is 31.8 Å². The number of hydrogen-bond acceptors (Lipinski definition) is 4. The van der Waals surface area contributed by atoms with Gasteiger partial charge in [-0.3, -0.25) is 14.2 Å². The second-order valence-corrected chi connectivity index (χ2v) is 4.00. The number of rotatable bonds is 3. The van der Waals surface area contributed by atoms with Crippen LogP contribution in [0.3, 0.4) is 0 Å². The number of fused-ring (bicyclic) bond motifs is 1. The van der Waals surface area contributed by atoms with Gasteiger partial charge in [0, 0.05) is 18.0 Å². The first-order valence-electron chi connectivity index (χ1n) is 5.75. The van der Waals surface area contributed by atoms with Crippen LogP contribution in [0.1, 0.15) is 10.5 Å². The molecule has 19 heavy (non-hydrogen) atoms. The van der Waals surface area contributed by atoms with Gasteiger partial charge in [0.2, 0.25) is 0 Å².